The molecule has 20 heavy (non-hydrogen) atoms. The van der Waals surface area contributed by atoms with Gasteiger partial charge in [-0.2, -0.15) is 13.2 Å². The molecule has 0 radical (unpaired) electrons. The average Bonchev–Trinajstić information content (AvgIpc) is 2.54. The molecule has 1 unspecified atom stereocenters. The van der Waals surface area contributed by atoms with Crippen molar-refractivity contribution in [1.82, 2.24) is 5.32 Å². The van der Waals surface area contributed by atoms with Crippen molar-refractivity contribution in [3.8, 4) is 0 Å². The second kappa shape index (κ2) is 4.14. The number of anilines is 1. The Balaban J connectivity index is 2.25. The van der Waals surface area contributed by atoms with Crippen molar-refractivity contribution in [1.29, 1.82) is 0 Å². The zero-order chi connectivity index (χ0) is 14.5. The standard InChI is InChI=1S/C14H15F3N2O/c1-13(14(15,16)17)5-7-19-8-6-18-12(20)9-3-2-4-10(13)11(9)19/h2-4H,5-8H2,1H3,(H,18,20). The van der Waals surface area contributed by atoms with Crippen LogP contribution in [0.15, 0.2) is 18.2 Å². The van der Waals surface area contributed by atoms with Gasteiger partial charge in [-0.1, -0.05) is 12.1 Å². The van der Waals surface area contributed by atoms with Crippen LogP contribution >= 0.6 is 0 Å². The first-order valence-corrected chi connectivity index (χ1v) is 6.58. The number of hydrogen-bond acceptors (Lipinski definition) is 2. The van der Waals surface area contributed by atoms with Crippen LogP contribution in [0.1, 0.15) is 29.3 Å². The van der Waals surface area contributed by atoms with Crippen LogP contribution in [-0.2, 0) is 5.41 Å². The quantitative estimate of drug-likeness (QED) is 0.793. The van der Waals surface area contributed by atoms with E-state index in [0.29, 0.717) is 30.9 Å². The van der Waals surface area contributed by atoms with Gasteiger partial charge < -0.3 is 10.2 Å². The van der Waals surface area contributed by atoms with E-state index in [2.05, 4.69) is 5.32 Å². The summed E-state index contributed by atoms with van der Waals surface area (Å²) in [6.45, 7) is 2.54. The summed E-state index contributed by atoms with van der Waals surface area (Å²) in [5.74, 6) is -0.296. The van der Waals surface area contributed by atoms with Gasteiger partial charge in [0.15, 0.2) is 0 Å². The Labute approximate surface area is 114 Å². The first kappa shape index (κ1) is 13.3. The van der Waals surface area contributed by atoms with Gasteiger partial charge in [-0.25, -0.2) is 0 Å². The molecular formula is C14H15F3N2O. The van der Waals surface area contributed by atoms with Crippen LogP contribution < -0.4 is 10.2 Å². The molecule has 0 spiro atoms. The van der Waals surface area contributed by atoms with E-state index in [-0.39, 0.29) is 17.9 Å². The summed E-state index contributed by atoms with van der Waals surface area (Å²) < 4.78 is 40.4. The number of benzene rings is 1. The van der Waals surface area contributed by atoms with E-state index in [0.717, 1.165) is 0 Å². The number of alkyl halides is 3. The molecule has 0 fully saturated rings. The third-order valence-electron chi connectivity index (χ3n) is 4.37. The molecule has 6 heteroatoms. The number of rotatable bonds is 0. The molecule has 1 aromatic rings. The van der Waals surface area contributed by atoms with Crippen molar-refractivity contribution in [2.75, 3.05) is 24.5 Å². The third kappa shape index (κ3) is 1.70. The fraction of sp³-hybridized carbons (Fsp3) is 0.500. The minimum atomic E-state index is -4.32. The summed E-state index contributed by atoms with van der Waals surface area (Å²) in [4.78, 5) is 13.9. The monoisotopic (exact) mass is 284 g/mol. The van der Waals surface area contributed by atoms with Gasteiger partial charge in [0.25, 0.3) is 5.91 Å². The van der Waals surface area contributed by atoms with Crippen molar-refractivity contribution in [2.45, 2.75) is 24.9 Å². The highest BCUT2D eigenvalue weighted by Crippen LogP contribution is 2.50. The Hall–Kier alpha value is -1.72. The number of amides is 1. The summed E-state index contributed by atoms with van der Waals surface area (Å²) >= 11 is 0. The number of nitrogens with zero attached hydrogens (tertiary/aromatic N) is 1. The van der Waals surface area contributed by atoms with Gasteiger partial charge in [-0.15, -0.1) is 0 Å². The van der Waals surface area contributed by atoms with Crippen LogP contribution in [0.2, 0.25) is 0 Å². The molecule has 2 aliphatic rings. The predicted molar refractivity (Wildman–Crippen MR) is 69.0 cm³/mol. The molecule has 3 nitrogen and oxygen atoms in total. The largest absolute Gasteiger partial charge is 0.398 e. The van der Waals surface area contributed by atoms with E-state index in [1.54, 1.807) is 6.07 Å². The fourth-order valence-corrected chi connectivity index (χ4v) is 3.04. The third-order valence-corrected chi connectivity index (χ3v) is 4.37. The van der Waals surface area contributed by atoms with E-state index in [1.165, 1.54) is 19.1 Å². The number of hydrogen-bond donors (Lipinski definition) is 1. The van der Waals surface area contributed by atoms with Crippen LogP contribution in [0.5, 0.6) is 0 Å². The van der Waals surface area contributed by atoms with E-state index in [4.69, 9.17) is 0 Å². The van der Waals surface area contributed by atoms with E-state index < -0.39 is 11.6 Å². The zero-order valence-electron chi connectivity index (χ0n) is 11.0. The van der Waals surface area contributed by atoms with Crippen LogP contribution in [0.25, 0.3) is 0 Å². The molecule has 0 bridgehead atoms. The topological polar surface area (TPSA) is 32.3 Å². The molecule has 1 amide bonds. The Morgan fingerprint density at radius 1 is 1.30 bits per heavy atom. The Kier molecular flexibility index (Phi) is 2.74. The Morgan fingerprint density at radius 2 is 2.05 bits per heavy atom. The molecule has 0 saturated carbocycles. The normalized spacial score (nSPS) is 25.8. The number of carbonyl (C=O) groups excluding carboxylic acids is 1. The molecule has 108 valence electrons. The lowest BCUT2D eigenvalue weighted by molar-refractivity contribution is -0.187. The van der Waals surface area contributed by atoms with Gasteiger partial charge in [-0.05, 0) is 25.0 Å². The zero-order valence-corrected chi connectivity index (χ0v) is 11.0. The summed E-state index contributed by atoms with van der Waals surface area (Å²) in [5, 5.41) is 2.72. The Bertz CT molecular complexity index is 570. The lowest BCUT2D eigenvalue weighted by Crippen LogP contribution is -2.48. The number of para-hydroxylation sites is 1. The molecule has 1 atom stereocenters. The molecule has 2 heterocycles. The van der Waals surface area contributed by atoms with Crippen LogP contribution in [-0.4, -0.2) is 31.7 Å². The van der Waals surface area contributed by atoms with Crippen molar-refractivity contribution in [3.05, 3.63) is 29.3 Å². The van der Waals surface area contributed by atoms with Crippen LogP contribution in [0.3, 0.4) is 0 Å². The lowest BCUT2D eigenvalue weighted by Gasteiger charge is -2.43. The highest BCUT2D eigenvalue weighted by atomic mass is 19.4. The maximum atomic E-state index is 13.5. The van der Waals surface area contributed by atoms with Crippen molar-refractivity contribution in [2.24, 2.45) is 0 Å². The van der Waals surface area contributed by atoms with Crippen molar-refractivity contribution >= 4 is 11.6 Å². The fourth-order valence-electron chi connectivity index (χ4n) is 3.04. The van der Waals surface area contributed by atoms with Gasteiger partial charge in [0.1, 0.15) is 0 Å². The highest BCUT2D eigenvalue weighted by Gasteiger charge is 2.55. The van der Waals surface area contributed by atoms with Crippen LogP contribution in [0.4, 0.5) is 18.9 Å². The summed E-state index contributed by atoms with van der Waals surface area (Å²) in [5.41, 5.74) is -0.881. The molecule has 2 aliphatic heterocycles. The van der Waals surface area contributed by atoms with Gasteiger partial charge >= 0.3 is 6.18 Å². The SMILES string of the molecule is CC1(C(F)(F)F)CCN2CCNC(=O)c3cccc1c32. The van der Waals surface area contributed by atoms with Gasteiger partial charge in [0.05, 0.1) is 16.7 Å². The average molecular weight is 284 g/mol. The molecule has 0 aromatic heterocycles. The minimum absolute atomic E-state index is 0.0150. The smallest absolute Gasteiger partial charge is 0.369 e. The molecule has 3 rings (SSSR count). The number of carbonyl (C=O) groups is 1. The Morgan fingerprint density at radius 3 is 2.75 bits per heavy atom. The van der Waals surface area contributed by atoms with Gasteiger partial charge in [0, 0.05) is 19.6 Å². The van der Waals surface area contributed by atoms with Crippen molar-refractivity contribution < 1.29 is 18.0 Å². The molecule has 0 aliphatic carbocycles. The summed E-state index contributed by atoms with van der Waals surface area (Å²) in [7, 11) is 0. The summed E-state index contributed by atoms with van der Waals surface area (Å²) in [6, 6.07) is 4.62. The first-order valence-electron chi connectivity index (χ1n) is 6.58. The van der Waals surface area contributed by atoms with Crippen molar-refractivity contribution in [3.63, 3.8) is 0 Å². The van der Waals surface area contributed by atoms with E-state index in [9.17, 15) is 18.0 Å². The van der Waals surface area contributed by atoms with Crippen LogP contribution in [0, 0.1) is 0 Å². The molecular weight excluding hydrogens is 269 g/mol. The molecule has 1 aromatic carbocycles. The van der Waals surface area contributed by atoms with E-state index in [1.807, 2.05) is 4.90 Å². The number of halogens is 3. The second-order valence-corrected chi connectivity index (χ2v) is 5.52. The molecule has 1 N–H and O–H groups in total. The maximum Gasteiger partial charge on any atom is 0.398 e. The highest BCUT2D eigenvalue weighted by molar-refractivity contribution is 6.01. The summed E-state index contributed by atoms with van der Waals surface area (Å²) in [6.07, 6.45) is -4.31. The van der Waals surface area contributed by atoms with Gasteiger partial charge in [0.2, 0.25) is 0 Å². The first-order chi connectivity index (χ1) is 9.34. The predicted octanol–water partition coefficient (Wildman–Crippen LogP) is 2.46. The second-order valence-electron chi connectivity index (χ2n) is 5.52. The maximum absolute atomic E-state index is 13.5. The number of nitrogens with one attached hydrogen (secondary N) is 1. The molecule has 0 saturated heterocycles. The van der Waals surface area contributed by atoms with E-state index >= 15 is 0 Å². The lowest BCUT2D eigenvalue weighted by atomic mass is 9.74. The van der Waals surface area contributed by atoms with Gasteiger partial charge in [-0.3, -0.25) is 4.79 Å². The minimum Gasteiger partial charge on any atom is -0.369 e.